The van der Waals surface area contributed by atoms with Crippen LogP contribution >= 0.6 is 0 Å². The number of rotatable bonds is 9. The van der Waals surface area contributed by atoms with Gasteiger partial charge in [0.25, 0.3) is 0 Å². The molecule has 112 valence electrons. The Morgan fingerprint density at radius 2 is 2.00 bits per heavy atom. The predicted octanol–water partition coefficient (Wildman–Crippen LogP) is 2.95. The summed E-state index contributed by atoms with van der Waals surface area (Å²) in [7, 11) is 0. The van der Waals surface area contributed by atoms with Crippen molar-refractivity contribution in [2.75, 3.05) is 26.3 Å². The number of morpholine rings is 1. The van der Waals surface area contributed by atoms with Crippen molar-refractivity contribution in [3.8, 4) is 0 Å². The molecule has 1 fully saturated rings. The van der Waals surface area contributed by atoms with Gasteiger partial charge in [0.1, 0.15) is 0 Å². The molecule has 0 aromatic heterocycles. The largest absolute Gasteiger partial charge is 0.379 e. The Bertz CT molecular complexity index is 251. The minimum Gasteiger partial charge on any atom is -0.379 e. The first kappa shape index (κ1) is 16.7. The van der Waals surface area contributed by atoms with E-state index in [1.54, 1.807) is 0 Å². The number of hydrogen-bond acceptors (Lipinski definition) is 3. The first-order valence-corrected chi connectivity index (χ1v) is 7.84. The third kappa shape index (κ3) is 4.90. The monoisotopic (exact) mass is 268 g/mol. The second kappa shape index (κ2) is 8.72. The first-order valence-electron chi connectivity index (χ1n) is 7.84. The van der Waals surface area contributed by atoms with Gasteiger partial charge in [0.2, 0.25) is 0 Å². The molecule has 2 unspecified atom stereocenters. The standard InChI is InChI=1S/C16H32N2O/c1-4-6-7-8-9-10-15(17)16(3,5-2)18-11-13-19-14-12-18/h4,15H,1,5-14,17H2,2-3H3. The second-order valence-electron chi connectivity index (χ2n) is 5.84. The van der Waals surface area contributed by atoms with Crippen LogP contribution in [-0.2, 0) is 4.74 Å². The molecule has 19 heavy (non-hydrogen) atoms. The molecule has 1 heterocycles. The van der Waals surface area contributed by atoms with E-state index in [9.17, 15) is 0 Å². The molecule has 0 amide bonds. The summed E-state index contributed by atoms with van der Waals surface area (Å²) in [6, 6.07) is 0.263. The van der Waals surface area contributed by atoms with Crippen LogP contribution in [0.25, 0.3) is 0 Å². The lowest BCUT2D eigenvalue weighted by atomic mass is 9.84. The Kier molecular flexibility index (Phi) is 7.66. The van der Waals surface area contributed by atoms with E-state index in [-0.39, 0.29) is 11.6 Å². The maximum Gasteiger partial charge on any atom is 0.0594 e. The van der Waals surface area contributed by atoms with Crippen LogP contribution in [-0.4, -0.2) is 42.8 Å². The van der Waals surface area contributed by atoms with Crippen molar-refractivity contribution in [3.63, 3.8) is 0 Å². The molecule has 1 aliphatic heterocycles. The highest BCUT2D eigenvalue weighted by Gasteiger charge is 2.36. The zero-order valence-corrected chi connectivity index (χ0v) is 12.9. The van der Waals surface area contributed by atoms with Gasteiger partial charge in [0.15, 0.2) is 0 Å². The normalized spacial score (nSPS) is 21.8. The molecule has 0 radical (unpaired) electrons. The van der Waals surface area contributed by atoms with Crippen LogP contribution < -0.4 is 5.73 Å². The van der Waals surface area contributed by atoms with Crippen LogP contribution in [0.15, 0.2) is 12.7 Å². The topological polar surface area (TPSA) is 38.5 Å². The molecule has 2 N–H and O–H groups in total. The molecule has 0 aliphatic carbocycles. The van der Waals surface area contributed by atoms with Crippen molar-refractivity contribution in [2.24, 2.45) is 5.73 Å². The van der Waals surface area contributed by atoms with E-state index in [0.29, 0.717) is 0 Å². The Morgan fingerprint density at radius 3 is 2.58 bits per heavy atom. The molecule has 0 spiro atoms. The highest BCUT2D eigenvalue weighted by molar-refractivity contribution is 4.95. The summed E-state index contributed by atoms with van der Waals surface area (Å²) in [5.74, 6) is 0. The lowest BCUT2D eigenvalue weighted by molar-refractivity contribution is -0.0284. The summed E-state index contributed by atoms with van der Waals surface area (Å²) in [5, 5.41) is 0. The Hall–Kier alpha value is -0.380. The SMILES string of the molecule is C=CCCCCCC(N)C(C)(CC)N1CCOCC1. The molecule has 0 aromatic carbocycles. The van der Waals surface area contributed by atoms with Crippen LogP contribution in [0.5, 0.6) is 0 Å². The Labute approximate surface area is 119 Å². The van der Waals surface area contributed by atoms with Crippen molar-refractivity contribution in [3.05, 3.63) is 12.7 Å². The zero-order chi connectivity index (χ0) is 14.1. The van der Waals surface area contributed by atoms with Gasteiger partial charge in [-0.2, -0.15) is 0 Å². The predicted molar refractivity (Wildman–Crippen MR) is 82.3 cm³/mol. The van der Waals surface area contributed by atoms with Gasteiger partial charge >= 0.3 is 0 Å². The Morgan fingerprint density at radius 1 is 1.32 bits per heavy atom. The highest BCUT2D eigenvalue weighted by Crippen LogP contribution is 2.26. The molecule has 0 saturated carbocycles. The van der Waals surface area contributed by atoms with Gasteiger partial charge in [-0.1, -0.05) is 25.8 Å². The van der Waals surface area contributed by atoms with Gasteiger partial charge in [-0.15, -0.1) is 6.58 Å². The van der Waals surface area contributed by atoms with Gasteiger partial charge < -0.3 is 10.5 Å². The summed E-state index contributed by atoms with van der Waals surface area (Å²) in [6.45, 7) is 12.1. The van der Waals surface area contributed by atoms with Gasteiger partial charge in [0.05, 0.1) is 13.2 Å². The summed E-state index contributed by atoms with van der Waals surface area (Å²) >= 11 is 0. The maximum absolute atomic E-state index is 6.51. The molecule has 0 aromatic rings. The van der Waals surface area contributed by atoms with Crippen LogP contribution in [0.4, 0.5) is 0 Å². The van der Waals surface area contributed by atoms with Crippen LogP contribution in [0.2, 0.25) is 0 Å². The maximum atomic E-state index is 6.51. The van der Waals surface area contributed by atoms with Crippen molar-refractivity contribution in [1.29, 1.82) is 0 Å². The van der Waals surface area contributed by atoms with Gasteiger partial charge in [-0.25, -0.2) is 0 Å². The molecule has 2 atom stereocenters. The smallest absolute Gasteiger partial charge is 0.0594 e. The molecule has 1 aliphatic rings. The quantitative estimate of drug-likeness (QED) is 0.516. The third-order valence-electron chi connectivity index (χ3n) is 4.67. The molecule has 3 heteroatoms. The summed E-state index contributed by atoms with van der Waals surface area (Å²) < 4.78 is 5.45. The van der Waals surface area contributed by atoms with Crippen molar-refractivity contribution in [1.82, 2.24) is 4.90 Å². The first-order chi connectivity index (χ1) is 9.15. The average Bonchev–Trinajstić information content (AvgIpc) is 2.46. The highest BCUT2D eigenvalue weighted by atomic mass is 16.5. The van der Waals surface area contributed by atoms with Crippen LogP contribution in [0.1, 0.15) is 52.4 Å². The molecule has 3 nitrogen and oxygen atoms in total. The zero-order valence-electron chi connectivity index (χ0n) is 12.9. The van der Waals surface area contributed by atoms with E-state index in [0.717, 1.165) is 45.6 Å². The summed E-state index contributed by atoms with van der Waals surface area (Å²) in [5.41, 5.74) is 6.63. The number of ether oxygens (including phenoxy) is 1. The van der Waals surface area contributed by atoms with Crippen LogP contribution in [0.3, 0.4) is 0 Å². The van der Waals surface area contributed by atoms with Crippen molar-refractivity contribution in [2.45, 2.75) is 64.0 Å². The number of allylic oxidation sites excluding steroid dienone is 1. The van der Waals surface area contributed by atoms with E-state index in [4.69, 9.17) is 10.5 Å². The fraction of sp³-hybridized carbons (Fsp3) is 0.875. The van der Waals surface area contributed by atoms with Gasteiger partial charge in [0, 0.05) is 24.7 Å². The molecule has 1 saturated heterocycles. The number of nitrogens with two attached hydrogens (primary N) is 1. The lowest BCUT2D eigenvalue weighted by Gasteiger charge is -2.46. The molecule has 0 bridgehead atoms. The Balaban J connectivity index is 2.40. The minimum atomic E-state index is 0.127. The summed E-state index contributed by atoms with van der Waals surface area (Å²) in [4.78, 5) is 2.53. The second-order valence-corrected chi connectivity index (χ2v) is 5.84. The molecule has 1 rings (SSSR count). The number of nitrogens with zero attached hydrogens (tertiary/aromatic N) is 1. The summed E-state index contributed by atoms with van der Waals surface area (Å²) in [6.07, 6.45) is 9.11. The van der Waals surface area contributed by atoms with Gasteiger partial charge in [-0.3, -0.25) is 4.90 Å². The number of hydrogen-bond donors (Lipinski definition) is 1. The minimum absolute atomic E-state index is 0.127. The van der Waals surface area contributed by atoms with Gasteiger partial charge in [-0.05, 0) is 32.6 Å². The van der Waals surface area contributed by atoms with E-state index in [2.05, 4.69) is 25.3 Å². The van der Waals surface area contributed by atoms with Crippen molar-refractivity contribution >= 4 is 0 Å². The molecular formula is C16H32N2O. The average molecular weight is 268 g/mol. The van der Waals surface area contributed by atoms with E-state index in [1.807, 2.05) is 6.08 Å². The number of unbranched alkanes of at least 4 members (excludes halogenated alkanes) is 3. The third-order valence-corrected chi connectivity index (χ3v) is 4.67. The van der Waals surface area contributed by atoms with E-state index in [1.165, 1.54) is 19.3 Å². The van der Waals surface area contributed by atoms with Crippen LogP contribution in [0, 0.1) is 0 Å². The fourth-order valence-electron chi connectivity index (χ4n) is 2.94. The fourth-order valence-corrected chi connectivity index (χ4v) is 2.94. The van der Waals surface area contributed by atoms with E-state index < -0.39 is 0 Å². The van der Waals surface area contributed by atoms with Crippen molar-refractivity contribution < 1.29 is 4.74 Å². The lowest BCUT2D eigenvalue weighted by Crippen LogP contribution is -2.60. The van der Waals surface area contributed by atoms with E-state index >= 15 is 0 Å². The molecular weight excluding hydrogens is 236 g/mol.